The van der Waals surface area contributed by atoms with Crippen LogP contribution in [0.15, 0.2) is 42.2 Å². The van der Waals surface area contributed by atoms with Gasteiger partial charge in [-0.2, -0.15) is 0 Å². The molecule has 2 aromatic heterocycles. The summed E-state index contributed by atoms with van der Waals surface area (Å²) in [5.41, 5.74) is 1.90. The van der Waals surface area contributed by atoms with Crippen LogP contribution in [0.25, 0.3) is 0 Å². The van der Waals surface area contributed by atoms with Gasteiger partial charge in [-0.15, -0.1) is 11.3 Å². The molecule has 0 bridgehead atoms. The number of thiazole rings is 1. The van der Waals surface area contributed by atoms with E-state index in [2.05, 4.69) is 25.2 Å². The largest absolute Gasteiger partial charge is 0.497 e. The van der Waals surface area contributed by atoms with Gasteiger partial charge < -0.3 is 14.4 Å². The minimum atomic E-state index is -0.385. The second kappa shape index (κ2) is 11.0. The van der Waals surface area contributed by atoms with Gasteiger partial charge in [-0.3, -0.25) is 24.8 Å². The molecule has 1 aromatic carbocycles. The Morgan fingerprint density at radius 1 is 1.12 bits per heavy atom. The maximum atomic E-state index is 12.8. The number of carbonyl (C=O) groups is 2. The molecule has 3 heterocycles. The number of nitrogens with one attached hydrogen (secondary N) is 1. The summed E-state index contributed by atoms with van der Waals surface area (Å²) in [5.74, 6) is 1.25. The number of anilines is 1. The molecule has 1 aliphatic heterocycles. The van der Waals surface area contributed by atoms with E-state index in [1.807, 2.05) is 23.1 Å². The van der Waals surface area contributed by atoms with Gasteiger partial charge in [0.15, 0.2) is 5.13 Å². The lowest BCUT2D eigenvalue weighted by molar-refractivity contribution is -0.132. The Hall–Kier alpha value is -3.57. The first-order chi connectivity index (χ1) is 16.6. The Balaban J connectivity index is 1.27. The van der Waals surface area contributed by atoms with Crippen LogP contribution < -0.4 is 14.8 Å². The first-order valence-electron chi connectivity index (χ1n) is 10.8. The fourth-order valence-electron chi connectivity index (χ4n) is 3.69. The van der Waals surface area contributed by atoms with Gasteiger partial charge in [0, 0.05) is 56.1 Å². The summed E-state index contributed by atoms with van der Waals surface area (Å²) in [6.07, 6.45) is 4.53. The van der Waals surface area contributed by atoms with Gasteiger partial charge in [-0.05, 0) is 18.2 Å². The second-order valence-corrected chi connectivity index (χ2v) is 8.56. The fourth-order valence-corrected chi connectivity index (χ4v) is 4.40. The first-order valence-corrected chi connectivity index (χ1v) is 11.7. The lowest BCUT2D eigenvalue weighted by Gasteiger charge is -2.35. The Morgan fingerprint density at radius 3 is 2.65 bits per heavy atom. The predicted octanol–water partition coefficient (Wildman–Crippen LogP) is 2.09. The molecule has 178 valence electrons. The maximum absolute atomic E-state index is 12.8. The van der Waals surface area contributed by atoms with Crippen LogP contribution in [0.2, 0.25) is 0 Å². The van der Waals surface area contributed by atoms with Crippen molar-refractivity contribution in [2.75, 3.05) is 45.7 Å². The van der Waals surface area contributed by atoms with Gasteiger partial charge >= 0.3 is 0 Å². The molecule has 0 spiro atoms. The van der Waals surface area contributed by atoms with Crippen molar-refractivity contribution in [3.8, 4) is 11.5 Å². The number of carbonyl (C=O) groups excluding carboxylic acids is 2. The van der Waals surface area contributed by atoms with Crippen LogP contribution in [0.4, 0.5) is 5.13 Å². The molecule has 10 nitrogen and oxygen atoms in total. The van der Waals surface area contributed by atoms with Gasteiger partial charge in [0.25, 0.3) is 5.91 Å². The number of hydrogen-bond acceptors (Lipinski definition) is 9. The highest BCUT2D eigenvalue weighted by Crippen LogP contribution is 2.26. The van der Waals surface area contributed by atoms with Crippen molar-refractivity contribution in [1.29, 1.82) is 0 Å². The van der Waals surface area contributed by atoms with Gasteiger partial charge in [0.1, 0.15) is 17.2 Å². The molecule has 11 heteroatoms. The summed E-state index contributed by atoms with van der Waals surface area (Å²) in [5, 5.41) is 4.91. The van der Waals surface area contributed by atoms with Crippen LogP contribution in [-0.2, 0) is 17.8 Å². The zero-order valence-electron chi connectivity index (χ0n) is 19.1. The summed E-state index contributed by atoms with van der Waals surface area (Å²) >= 11 is 1.28. The van der Waals surface area contributed by atoms with E-state index in [0.717, 1.165) is 36.7 Å². The molecule has 1 aliphatic rings. The molecular formula is C23H26N6O4S. The van der Waals surface area contributed by atoms with Crippen molar-refractivity contribution < 1.29 is 19.1 Å². The first kappa shape index (κ1) is 23.6. The van der Waals surface area contributed by atoms with Gasteiger partial charge in [0.05, 0.1) is 32.5 Å². The summed E-state index contributed by atoms with van der Waals surface area (Å²) in [6, 6.07) is 5.77. The predicted molar refractivity (Wildman–Crippen MR) is 127 cm³/mol. The Bertz CT molecular complexity index is 1130. The van der Waals surface area contributed by atoms with Crippen molar-refractivity contribution >= 4 is 28.3 Å². The van der Waals surface area contributed by atoms with Crippen LogP contribution in [0.5, 0.6) is 11.5 Å². The number of amides is 2. The SMILES string of the molecule is COc1ccc(OC)c(CN2CCN(C(=O)Cc3csc(NC(=O)c4cnccn4)n3)CC2)c1. The molecule has 0 atom stereocenters. The van der Waals surface area contributed by atoms with E-state index in [9.17, 15) is 9.59 Å². The second-order valence-electron chi connectivity index (χ2n) is 7.70. The molecular weight excluding hydrogens is 456 g/mol. The highest BCUT2D eigenvalue weighted by atomic mass is 32.1. The molecule has 34 heavy (non-hydrogen) atoms. The van der Waals surface area contributed by atoms with Crippen LogP contribution >= 0.6 is 11.3 Å². The van der Waals surface area contributed by atoms with Crippen molar-refractivity contribution in [3.05, 3.63) is 59.1 Å². The summed E-state index contributed by atoms with van der Waals surface area (Å²) in [4.78, 5) is 41.4. The number of ether oxygens (including phenoxy) is 2. The number of hydrogen-bond donors (Lipinski definition) is 1. The highest BCUT2D eigenvalue weighted by molar-refractivity contribution is 7.14. The quantitative estimate of drug-likeness (QED) is 0.520. The van der Waals surface area contributed by atoms with Crippen molar-refractivity contribution in [3.63, 3.8) is 0 Å². The average Bonchev–Trinajstić information content (AvgIpc) is 3.31. The molecule has 3 aromatic rings. The van der Waals surface area contributed by atoms with E-state index in [0.29, 0.717) is 23.9 Å². The van der Waals surface area contributed by atoms with E-state index >= 15 is 0 Å². The molecule has 1 saturated heterocycles. The number of benzene rings is 1. The minimum absolute atomic E-state index is 0.0238. The van der Waals surface area contributed by atoms with Crippen LogP contribution in [0.1, 0.15) is 21.7 Å². The topological polar surface area (TPSA) is 110 Å². The van der Waals surface area contributed by atoms with Crippen molar-refractivity contribution in [1.82, 2.24) is 24.8 Å². The lowest BCUT2D eigenvalue weighted by atomic mass is 10.1. The molecule has 0 saturated carbocycles. The Labute approximate surface area is 201 Å². The number of aromatic nitrogens is 3. The molecule has 0 aliphatic carbocycles. The average molecular weight is 483 g/mol. The van der Waals surface area contributed by atoms with Gasteiger partial charge in [-0.25, -0.2) is 9.97 Å². The highest BCUT2D eigenvalue weighted by Gasteiger charge is 2.23. The van der Waals surface area contributed by atoms with E-state index < -0.39 is 0 Å². The third-order valence-electron chi connectivity index (χ3n) is 5.51. The molecule has 4 rings (SSSR count). The molecule has 0 unspecified atom stereocenters. The smallest absolute Gasteiger partial charge is 0.277 e. The third-order valence-corrected chi connectivity index (χ3v) is 6.31. The Kier molecular flexibility index (Phi) is 7.65. The molecule has 2 amide bonds. The van der Waals surface area contributed by atoms with Crippen molar-refractivity contribution in [2.24, 2.45) is 0 Å². The summed E-state index contributed by atoms with van der Waals surface area (Å²) in [7, 11) is 3.31. The van der Waals surface area contributed by atoms with E-state index in [4.69, 9.17) is 9.47 Å². The fraction of sp³-hybridized carbons (Fsp3) is 0.348. The Morgan fingerprint density at radius 2 is 1.94 bits per heavy atom. The number of methoxy groups -OCH3 is 2. The molecule has 1 N–H and O–H groups in total. The zero-order chi connectivity index (χ0) is 23.9. The normalized spacial score (nSPS) is 14.0. The monoisotopic (exact) mass is 482 g/mol. The lowest BCUT2D eigenvalue weighted by Crippen LogP contribution is -2.48. The van der Waals surface area contributed by atoms with E-state index in [-0.39, 0.29) is 23.9 Å². The van der Waals surface area contributed by atoms with Crippen molar-refractivity contribution in [2.45, 2.75) is 13.0 Å². The van der Waals surface area contributed by atoms with Crippen LogP contribution in [0.3, 0.4) is 0 Å². The number of nitrogens with zero attached hydrogens (tertiary/aromatic N) is 5. The number of rotatable bonds is 8. The van der Waals surface area contributed by atoms with E-state index in [1.54, 1.807) is 19.6 Å². The summed E-state index contributed by atoms with van der Waals surface area (Å²) in [6.45, 7) is 3.55. The zero-order valence-corrected chi connectivity index (χ0v) is 19.9. The third kappa shape index (κ3) is 5.86. The van der Waals surface area contributed by atoms with Crippen LogP contribution in [-0.4, -0.2) is 77.0 Å². The minimum Gasteiger partial charge on any atom is -0.497 e. The molecule has 0 radical (unpaired) electrons. The molecule has 1 fully saturated rings. The van der Waals surface area contributed by atoms with E-state index in [1.165, 1.54) is 29.9 Å². The van der Waals surface area contributed by atoms with Gasteiger partial charge in [-0.1, -0.05) is 0 Å². The number of piperazine rings is 1. The van der Waals surface area contributed by atoms with Gasteiger partial charge in [0.2, 0.25) is 5.91 Å². The summed E-state index contributed by atoms with van der Waals surface area (Å²) < 4.78 is 10.8. The standard InChI is InChI=1S/C23H26N6O4S/c1-32-18-3-4-20(33-2)16(11-18)14-28-7-9-29(10-8-28)21(30)12-17-15-34-23(26-17)27-22(31)19-13-24-5-6-25-19/h3-6,11,13,15H,7-10,12,14H2,1-2H3,(H,26,27,31). The van der Waals surface area contributed by atoms with Crippen LogP contribution in [0, 0.1) is 0 Å². The maximum Gasteiger partial charge on any atom is 0.277 e.